The number of aliphatic hydroxyl groups excluding tert-OH is 1. The fourth-order valence-corrected chi connectivity index (χ4v) is 2.86. The summed E-state index contributed by atoms with van der Waals surface area (Å²) in [5, 5.41) is 10.3. The van der Waals surface area contributed by atoms with Crippen molar-refractivity contribution in [1.82, 2.24) is 4.90 Å². The van der Waals surface area contributed by atoms with Crippen LogP contribution in [-0.4, -0.2) is 35.2 Å². The Bertz CT molecular complexity index is 207. The van der Waals surface area contributed by atoms with Gasteiger partial charge in [-0.15, -0.1) is 0 Å². The Labute approximate surface area is 100 Å². The first-order chi connectivity index (χ1) is 7.66. The molecule has 2 heteroatoms. The third-order valence-electron chi connectivity index (χ3n) is 4.29. The Morgan fingerprint density at radius 1 is 1.12 bits per heavy atom. The van der Waals surface area contributed by atoms with E-state index in [1.54, 1.807) is 0 Å². The molecule has 0 spiro atoms. The highest BCUT2D eigenvalue weighted by atomic mass is 16.3. The molecule has 2 aliphatic carbocycles. The molecule has 0 saturated heterocycles. The largest absolute Gasteiger partial charge is 0.392 e. The first kappa shape index (κ1) is 12.4. The number of aliphatic hydroxyl groups is 1. The van der Waals surface area contributed by atoms with Gasteiger partial charge in [0.25, 0.3) is 0 Å². The van der Waals surface area contributed by atoms with E-state index in [9.17, 15) is 5.11 Å². The Balaban J connectivity index is 1.78. The van der Waals surface area contributed by atoms with E-state index in [4.69, 9.17) is 0 Å². The van der Waals surface area contributed by atoms with Gasteiger partial charge >= 0.3 is 0 Å². The van der Waals surface area contributed by atoms with Crippen molar-refractivity contribution < 1.29 is 5.11 Å². The lowest BCUT2D eigenvalue weighted by atomic mass is 10.00. The van der Waals surface area contributed by atoms with Crippen molar-refractivity contribution >= 4 is 0 Å². The molecule has 16 heavy (non-hydrogen) atoms. The molecule has 2 aliphatic rings. The molecule has 1 atom stereocenters. The van der Waals surface area contributed by atoms with Gasteiger partial charge in [-0.25, -0.2) is 0 Å². The van der Waals surface area contributed by atoms with Crippen LogP contribution < -0.4 is 0 Å². The van der Waals surface area contributed by atoms with Crippen LogP contribution in [0, 0.1) is 11.8 Å². The fraction of sp³-hybridized carbons (Fsp3) is 1.00. The fourth-order valence-electron chi connectivity index (χ4n) is 2.86. The molecule has 0 aromatic rings. The van der Waals surface area contributed by atoms with Crippen LogP contribution in [0.5, 0.6) is 0 Å². The quantitative estimate of drug-likeness (QED) is 0.751. The van der Waals surface area contributed by atoms with E-state index in [2.05, 4.69) is 18.7 Å². The van der Waals surface area contributed by atoms with Gasteiger partial charge in [0.05, 0.1) is 6.10 Å². The van der Waals surface area contributed by atoms with Gasteiger partial charge in [-0.1, -0.05) is 12.8 Å². The average molecular weight is 225 g/mol. The lowest BCUT2D eigenvalue weighted by Gasteiger charge is -2.30. The Kier molecular flexibility index (Phi) is 4.26. The minimum atomic E-state index is -0.0800. The highest BCUT2D eigenvalue weighted by molar-refractivity contribution is 4.82. The Hall–Kier alpha value is -0.0800. The van der Waals surface area contributed by atoms with Crippen molar-refractivity contribution in [2.75, 3.05) is 13.1 Å². The van der Waals surface area contributed by atoms with Gasteiger partial charge in [-0.3, -0.25) is 4.90 Å². The molecule has 0 aliphatic heterocycles. The normalized spacial score (nSPS) is 24.6. The maximum atomic E-state index is 10.3. The second-order valence-corrected chi connectivity index (χ2v) is 6.10. The van der Waals surface area contributed by atoms with Crippen LogP contribution in [0.15, 0.2) is 0 Å². The van der Waals surface area contributed by atoms with E-state index >= 15 is 0 Å². The zero-order chi connectivity index (χ0) is 11.5. The third-order valence-corrected chi connectivity index (χ3v) is 4.29. The van der Waals surface area contributed by atoms with E-state index in [-0.39, 0.29) is 6.10 Å². The molecule has 2 nitrogen and oxygen atoms in total. The van der Waals surface area contributed by atoms with Crippen molar-refractivity contribution in [2.45, 2.75) is 64.5 Å². The monoisotopic (exact) mass is 225 g/mol. The number of rotatable bonds is 6. The van der Waals surface area contributed by atoms with E-state index in [0.717, 1.165) is 12.5 Å². The van der Waals surface area contributed by atoms with Gasteiger partial charge in [-0.05, 0) is 51.4 Å². The van der Waals surface area contributed by atoms with Crippen molar-refractivity contribution in [3.63, 3.8) is 0 Å². The average Bonchev–Trinajstić information content (AvgIpc) is 2.89. The lowest BCUT2D eigenvalue weighted by molar-refractivity contribution is 0.0520. The summed E-state index contributed by atoms with van der Waals surface area (Å²) in [6.45, 7) is 6.62. The zero-order valence-corrected chi connectivity index (χ0v) is 10.9. The molecule has 0 amide bonds. The molecule has 94 valence electrons. The lowest BCUT2D eigenvalue weighted by Crippen LogP contribution is -2.41. The first-order valence-corrected chi connectivity index (χ1v) is 7.09. The molecule has 1 N–H and O–H groups in total. The van der Waals surface area contributed by atoms with Gasteiger partial charge in [0.2, 0.25) is 0 Å². The number of nitrogens with zero attached hydrogens (tertiary/aromatic N) is 1. The van der Waals surface area contributed by atoms with Crippen LogP contribution in [-0.2, 0) is 0 Å². The molecule has 0 aromatic heterocycles. The summed E-state index contributed by atoms with van der Waals surface area (Å²) >= 11 is 0. The summed E-state index contributed by atoms with van der Waals surface area (Å²) in [6.07, 6.45) is 7.88. The third kappa shape index (κ3) is 3.46. The highest BCUT2D eigenvalue weighted by Gasteiger charge is 2.29. The Morgan fingerprint density at radius 3 is 2.25 bits per heavy atom. The molecule has 1 unspecified atom stereocenters. The van der Waals surface area contributed by atoms with E-state index < -0.39 is 0 Å². The van der Waals surface area contributed by atoms with Crippen molar-refractivity contribution in [3.05, 3.63) is 0 Å². The topological polar surface area (TPSA) is 23.5 Å². The van der Waals surface area contributed by atoms with Crippen molar-refractivity contribution in [1.29, 1.82) is 0 Å². The second-order valence-electron chi connectivity index (χ2n) is 6.10. The summed E-state index contributed by atoms with van der Waals surface area (Å²) in [7, 11) is 0. The maximum Gasteiger partial charge on any atom is 0.0695 e. The van der Waals surface area contributed by atoms with Gasteiger partial charge in [0.15, 0.2) is 0 Å². The Morgan fingerprint density at radius 2 is 1.75 bits per heavy atom. The molecule has 0 bridgehead atoms. The summed E-state index contributed by atoms with van der Waals surface area (Å²) in [5.74, 6) is 1.51. The molecule has 0 heterocycles. The minimum Gasteiger partial charge on any atom is -0.392 e. The molecule has 2 rings (SSSR count). The predicted octanol–water partition coefficient (Wildman–Crippen LogP) is 2.66. The van der Waals surface area contributed by atoms with Gasteiger partial charge < -0.3 is 5.11 Å². The molecule has 2 saturated carbocycles. The van der Waals surface area contributed by atoms with E-state index in [1.807, 2.05) is 0 Å². The molecule has 2 fully saturated rings. The minimum absolute atomic E-state index is 0.0800. The van der Waals surface area contributed by atoms with Crippen LogP contribution in [0.2, 0.25) is 0 Å². The van der Waals surface area contributed by atoms with Crippen LogP contribution in [0.4, 0.5) is 0 Å². The van der Waals surface area contributed by atoms with E-state index in [0.29, 0.717) is 12.0 Å². The van der Waals surface area contributed by atoms with Crippen LogP contribution >= 0.6 is 0 Å². The SMILES string of the molecule is CC(C)N(CC1CC1)CC(O)C1CCCC1. The summed E-state index contributed by atoms with van der Waals surface area (Å²) in [5.41, 5.74) is 0. The van der Waals surface area contributed by atoms with Crippen molar-refractivity contribution in [3.8, 4) is 0 Å². The van der Waals surface area contributed by atoms with Gasteiger partial charge in [0, 0.05) is 19.1 Å². The number of hydrogen-bond acceptors (Lipinski definition) is 2. The standard InChI is InChI=1S/C14H27NO/c1-11(2)15(9-12-7-8-12)10-14(16)13-5-3-4-6-13/h11-14,16H,3-10H2,1-2H3. The van der Waals surface area contributed by atoms with Crippen LogP contribution in [0.3, 0.4) is 0 Å². The summed E-state index contributed by atoms with van der Waals surface area (Å²) in [6, 6.07) is 0.580. The van der Waals surface area contributed by atoms with E-state index in [1.165, 1.54) is 45.1 Å². The summed E-state index contributed by atoms with van der Waals surface area (Å²) < 4.78 is 0. The smallest absolute Gasteiger partial charge is 0.0695 e. The number of hydrogen-bond donors (Lipinski definition) is 1. The van der Waals surface area contributed by atoms with Gasteiger partial charge in [0.1, 0.15) is 0 Å². The zero-order valence-electron chi connectivity index (χ0n) is 10.9. The maximum absolute atomic E-state index is 10.3. The first-order valence-electron chi connectivity index (χ1n) is 7.09. The molecule has 0 radical (unpaired) electrons. The molecular weight excluding hydrogens is 198 g/mol. The second kappa shape index (κ2) is 5.50. The summed E-state index contributed by atoms with van der Waals surface area (Å²) in [4.78, 5) is 2.49. The molecule has 0 aromatic carbocycles. The van der Waals surface area contributed by atoms with Crippen LogP contribution in [0.25, 0.3) is 0 Å². The molecular formula is C14H27NO. The van der Waals surface area contributed by atoms with Gasteiger partial charge in [-0.2, -0.15) is 0 Å². The van der Waals surface area contributed by atoms with Crippen molar-refractivity contribution in [2.24, 2.45) is 11.8 Å². The highest BCUT2D eigenvalue weighted by Crippen LogP contribution is 2.32. The predicted molar refractivity (Wildman–Crippen MR) is 67.4 cm³/mol. The van der Waals surface area contributed by atoms with Crippen LogP contribution in [0.1, 0.15) is 52.4 Å².